The summed E-state index contributed by atoms with van der Waals surface area (Å²) in [7, 11) is 1.34. The second-order valence-electron chi connectivity index (χ2n) is 3.12. The zero-order chi connectivity index (χ0) is 12.4. The van der Waals surface area contributed by atoms with E-state index in [2.05, 4.69) is 20.9 Å². The van der Waals surface area contributed by atoms with E-state index in [0.29, 0.717) is 14.5 Å². The van der Waals surface area contributed by atoms with E-state index < -0.39 is 5.97 Å². The Hall–Kier alpha value is -0.910. The standard InChI is InChI=1S/C11H7BrClNO2S/c1-16-11(15)9-6(4-5-14-10(9)12)7-2-3-8(13)17-7/h2-5H,1H3. The molecule has 2 aromatic heterocycles. The third-order valence-corrected chi connectivity index (χ3v) is 4.00. The zero-order valence-corrected chi connectivity index (χ0v) is 11.9. The van der Waals surface area contributed by atoms with Crippen LogP contribution in [0.4, 0.5) is 0 Å². The molecule has 0 N–H and O–H groups in total. The molecule has 0 atom stereocenters. The molecule has 0 aliphatic carbocycles. The summed E-state index contributed by atoms with van der Waals surface area (Å²) in [5.41, 5.74) is 1.17. The van der Waals surface area contributed by atoms with Crippen molar-refractivity contribution in [2.45, 2.75) is 0 Å². The van der Waals surface area contributed by atoms with E-state index in [1.807, 2.05) is 6.07 Å². The van der Waals surface area contributed by atoms with E-state index in [1.54, 1.807) is 18.3 Å². The molecule has 6 heteroatoms. The molecule has 0 saturated carbocycles. The molecule has 17 heavy (non-hydrogen) atoms. The lowest BCUT2D eigenvalue weighted by atomic mass is 10.1. The van der Waals surface area contributed by atoms with Crippen LogP contribution >= 0.6 is 38.9 Å². The van der Waals surface area contributed by atoms with Crippen LogP contribution in [0.3, 0.4) is 0 Å². The number of carbonyl (C=O) groups is 1. The van der Waals surface area contributed by atoms with Crippen LogP contribution in [0.2, 0.25) is 4.34 Å². The normalized spacial score (nSPS) is 10.3. The van der Waals surface area contributed by atoms with Crippen molar-refractivity contribution in [3.8, 4) is 10.4 Å². The molecule has 0 aliphatic rings. The average Bonchev–Trinajstić information content (AvgIpc) is 2.74. The molecule has 0 radical (unpaired) electrons. The molecule has 0 spiro atoms. The molecule has 0 aromatic carbocycles. The van der Waals surface area contributed by atoms with Crippen LogP contribution in [0.25, 0.3) is 10.4 Å². The molecule has 0 amide bonds. The van der Waals surface area contributed by atoms with Gasteiger partial charge in [-0.15, -0.1) is 11.3 Å². The molecular formula is C11H7BrClNO2S. The minimum Gasteiger partial charge on any atom is -0.465 e. The first-order valence-electron chi connectivity index (χ1n) is 4.62. The predicted molar refractivity (Wildman–Crippen MR) is 71.6 cm³/mol. The fourth-order valence-corrected chi connectivity index (χ4v) is 2.97. The first-order valence-corrected chi connectivity index (χ1v) is 6.60. The predicted octanol–water partition coefficient (Wildman–Crippen LogP) is 4.01. The van der Waals surface area contributed by atoms with Crippen LogP contribution in [0.1, 0.15) is 10.4 Å². The van der Waals surface area contributed by atoms with Gasteiger partial charge in [-0.1, -0.05) is 11.6 Å². The van der Waals surface area contributed by atoms with Crippen molar-refractivity contribution >= 4 is 44.8 Å². The highest BCUT2D eigenvalue weighted by Gasteiger charge is 2.18. The first-order chi connectivity index (χ1) is 8.13. The number of rotatable bonds is 2. The smallest absolute Gasteiger partial charge is 0.341 e. The SMILES string of the molecule is COC(=O)c1c(-c2ccc(Cl)s2)ccnc1Br. The summed E-state index contributed by atoms with van der Waals surface area (Å²) in [6.07, 6.45) is 1.62. The summed E-state index contributed by atoms with van der Waals surface area (Å²) in [4.78, 5) is 16.6. The monoisotopic (exact) mass is 331 g/mol. The fourth-order valence-electron chi connectivity index (χ4n) is 1.40. The van der Waals surface area contributed by atoms with Gasteiger partial charge in [-0.3, -0.25) is 0 Å². The van der Waals surface area contributed by atoms with Crippen LogP contribution in [0, 0.1) is 0 Å². The topological polar surface area (TPSA) is 39.2 Å². The van der Waals surface area contributed by atoms with Gasteiger partial charge < -0.3 is 4.74 Å². The van der Waals surface area contributed by atoms with Gasteiger partial charge in [-0.25, -0.2) is 9.78 Å². The average molecular weight is 333 g/mol. The van der Waals surface area contributed by atoms with E-state index in [1.165, 1.54) is 18.4 Å². The minimum atomic E-state index is -0.426. The molecule has 0 unspecified atom stereocenters. The van der Waals surface area contributed by atoms with E-state index in [0.717, 1.165) is 10.4 Å². The highest BCUT2D eigenvalue weighted by molar-refractivity contribution is 9.10. The van der Waals surface area contributed by atoms with Gasteiger partial charge in [0.2, 0.25) is 0 Å². The van der Waals surface area contributed by atoms with Crippen molar-refractivity contribution in [2.24, 2.45) is 0 Å². The van der Waals surface area contributed by atoms with Gasteiger partial charge in [0.15, 0.2) is 0 Å². The highest BCUT2D eigenvalue weighted by Crippen LogP contribution is 2.35. The molecule has 0 aliphatic heterocycles. The summed E-state index contributed by atoms with van der Waals surface area (Å²) in [6.45, 7) is 0. The minimum absolute atomic E-state index is 0.411. The largest absolute Gasteiger partial charge is 0.465 e. The molecule has 0 bridgehead atoms. The van der Waals surface area contributed by atoms with Crippen molar-refractivity contribution in [3.05, 3.63) is 38.9 Å². The van der Waals surface area contributed by atoms with Crippen LogP contribution in [0.15, 0.2) is 29.0 Å². The zero-order valence-electron chi connectivity index (χ0n) is 8.74. The lowest BCUT2D eigenvalue weighted by Crippen LogP contribution is -2.05. The van der Waals surface area contributed by atoms with Crippen LogP contribution in [-0.4, -0.2) is 18.1 Å². The fraction of sp³-hybridized carbons (Fsp3) is 0.0909. The molecule has 2 heterocycles. The molecule has 88 valence electrons. The number of aromatic nitrogens is 1. The number of hydrogen-bond donors (Lipinski definition) is 0. The number of pyridine rings is 1. The summed E-state index contributed by atoms with van der Waals surface area (Å²) in [5, 5.41) is 0. The summed E-state index contributed by atoms with van der Waals surface area (Å²) >= 11 is 10.5. The number of carbonyl (C=O) groups excluding carboxylic acids is 1. The first kappa shape index (κ1) is 12.5. The lowest BCUT2D eigenvalue weighted by Gasteiger charge is -2.07. The Bertz CT molecular complexity index is 570. The third kappa shape index (κ3) is 2.51. The highest BCUT2D eigenvalue weighted by atomic mass is 79.9. The van der Waals surface area contributed by atoms with Crippen molar-refractivity contribution in [2.75, 3.05) is 7.11 Å². The van der Waals surface area contributed by atoms with Crippen LogP contribution < -0.4 is 0 Å². The van der Waals surface area contributed by atoms with Gasteiger partial charge in [0.1, 0.15) is 10.2 Å². The van der Waals surface area contributed by atoms with Gasteiger partial charge >= 0.3 is 5.97 Å². The Kier molecular flexibility index (Phi) is 3.81. The van der Waals surface area contributed by atoms with Crippen LogP contribution in [0.5, 0.6) is 0 Å². The Morgan fingerprint density at radius 3 is 2.82 bits per heavy atom. The van der Waals surface area contributed by atoms with Crippen molar-refractivity contribution in [3.63, 3.8) is 0 Å². The number of ether oxygens (including phenoxy) is 1. The second kappa shape index (κ2) is 5.16. The molecule has 0 fully saturated rings. The van der Waals surface area contributed by atoms with E-state index in [9.17, 15) is 4.79 Å². The molecule has 2 rings (SSSR count). The van der Waals surface area contributed by atoms with Gasteiger partial charge in [0, 0.05) is 16.6 Å². The van der Waals surface area contributed by atoms with Gasteiger partial charge in [-0.05, 0) is 34.1 Å². The molecule has 2 aromatic rings. The number of hydrogen-bond acceptors (Lipinski definition) is 4. The van der Waals surface area contributed by atoms with Crippen molar-refractivity contribution in [1.29, 1.82) is 0 Å². The number of methoxy groups -OCH3 is 1. The van der Waals surface area contributed by atoms with Gasteiger partial charge in [0.25, 0.3) is 0 Å². The van der Waals surface area contributed by atoms with Crippen molar-refractivity contribution in [1.82, 2.24) is 4.98 Å². The van der Waals surface area contributed by atoms with Gasteiger partial charge in [-0.2, -0.15) is 0 Å². The summed E-state index contributed by atoms with van der Waals surface area (Å²) < 4.78 is 5.88. The number of nitrogens with zero attached hydrogens (tertiary/aromatic N) is 1. The number of esters is 1. The maximum Gasteiger partial charge on any atom is 0.341 e. The maximum atomic E-state index is 11.7. The maximum absolute atomic E-state index is 11.7. The van der Waals surface area contributed by atoms with Crippen LogP contribution in [-0.2, 0) is 4.74 Å². The Balaban J connectivity index is 2.61. The quantitative estimate of drug-likeness (QED) is 0.616. The summed E-state index contributed by atoms with van der Waals surface area (Å²) in [5.74, 6) is -0.426. The van der Waals surface area contributed by atoms with Crippen molar-refractivity contribution < 1.29 is 9.53 Å². The Labute approximate surface area is 116 Å². The third-order valence-electron chi connectivity index (χ3n) is 2.13. The number of thiophene rings is 1. The molecule has 3 nitrogen and oxygen atoms in total. The number of halogens is 2. The second-order valence-corrected chi connectivity index (χ2v) is 5.59. The Morgan fingerprint density at radius 1 is 1.47 bits per heavy atom. The molecular weight excluding hydrogens is 326 g/mol. The van der Waals surface area contributed by atoms with E-state index in [-0.39, 0.29) is 0 Å². The van der Waals surface area contributed by atoms with E-state index >= 15 is 0 Å². The summed E-state index contributed by atoms with van der Waals surface area (Å²) in [6, 6.07) is 5.41. The molecule has 0 saturated heterocycles. The lowest BCUT2D eigenvalue weighted by molar-refractivity contribution is 0.0600. The Morgan fingerprint density at radius 2 is 2.24 bits per heavy atom. The van der Waals surface area contributed by atoms with E-state index in [4.69, 9.17) is 16.3 Å². The van der Waals surface area contributed by atoms with Gasteiger partial charge in [0.05, 0.1) is 11.4 Å².